The number of hydrogen-bond acceptors (Lipinski definition) is 24. The highest BCUT2D eigenvalue weighted by molar-refractivity contribution is 7.11. The molecule has 98 heavy (non-hydrogen) atoms. The molecule has 0 aliphatic rings. The minimum atomic E-state index is -1.25. The zero-order valence-electron chi connectivity index (χ0n) is 52.1. The lowest BCUT2D eigenvalue weighted by Crippen LogP contribution is -2.28. The number of benzene rings is 6. The van der Waals surface area contributed by atoms with Crippen LogP contribution in [-0.2, 0) is 20.4 Å². The molecule has 4 aromatic heterocycles. The molecule has 25 nitrogen and oxygen atoms in total. The predicted molar refractivity (Wildman–Crippen MR) is 382 cm³/mol. The van der Waals surface area contributed by atoms with Gasteiger partial charge in [0.2, 0.25) is 17.1 Å². The minimum absolute atomic E-state index is 0.00720. The van der Waals surface area contributed by atoms with Crippen LogP contribution in [0.2, 0.25) is 30.1 Å². The van der Waals surface area contributed by atoms with E-state index in [1.54, 1.807) is 92.7 Å². The third-order valence-corrected chi connectivity index (χ3v) is 16.1. The van der Waals surface area contributed by atoms with E-state index >= 15 is 0 Å². The molecular formula is C63H57Cl6N13O12S4. The number of nitrogens with zero attached hydrogens (tertiary/aromatic N) is 8. The van der Waals surface area contributed by atoms with Crippen LogP contribution >= 0.6 is 116 Å². The van der Waals surface area contributed by atoms with Crippen LogP contribution in [-0.4, -0.2) is 109 Å². The number of anilines is 4. The first-order valence-corrected chi connectivity index (χ1v) is 33.4. The topological polar surface area (TPSA) is 387 Å². The first-order valence-electron chi connectivity index (χ1n) is 28.1. The van der Waals surface area contributed by atoms with E-state index in [-0.39, 0.29) is 68.6 Å². The van der Waals surface area contributed by atoms with Gasteiger partial charge < -0.3 is 47.1 Å². The van der Waals surface area contributed by atoms with E-state index in [0.29, 0.717) is 58.4 Å². The van der Waals surface area contributed by atoms with Crippen molar-refractivity contribution in [3.05, 3.63) is 232 Å². The molecule has 6 aromatic carbocycles. The molecule has 4 heterocycles. The van der Waals surface area contributed by atoms with Crippen LogP contribution in [0.1, 0.15) is 142 Å². The summed E-state index contributed by atoms with van der Waals surface area (Å²) in [4.78, 5) is 92.8. The molecule has 10 aromatic rings. The number of carbonyl (C=O) groups excluding carboxylic acids is 6. The van der Waals surface area contributed by atoms with E-state index in [9.17, 15) is 38.4 Å². The van der Waals surface area contributed by atoms with Crippen LogP contribution in [0.3, 0.4) is 0 Å². The third-order valence-electron chi connectivity index (χ3n) is 12.2. The van der Waals surface area contributed by atoms with Crippen LogP contribution in [0.4, 0.5) is 20.0 Å². The Morgan fingerprint density at radius 2 is 0.765 bits per heavy atom. The predicted octanol–water partition coefficient (Wildman–Crippen LogP) is 15.3. The number of amides is 3. The Balaban J connectivity index is 0.000000221. The Morgan fingerprint density at radius 1 is 0.439 bits per heavy atom. The van der Waals surface area contributed by atoms with Crippen molar-refractivity contribution in [2.24, 2.45) is 5.73 Å². The summed E-state index contributed by atoms with van der Waals surface area (Å²) >= 11 is 38.5. The second-order valence-electron chi connectivity index (χ2n) is 20.5. The molecule has 3 amide bonds. The van der Waals surface area contributed by atoms with E-state index in [1.807, 2.05) is 70.2 Å². The lowest BCUT2D eigenvalue weighted by molar-refractivity contribution is 0.0511. The normalized spacial score (nSPS) is 10.5. The van der Waals surface area contributed by atoms with Crippen molar-refractivity contribution in [3.63, 3.8) is 0 Å². The maximum absolute atomic E-state index is 12.9. The van der Waals surface area contributed by atoms with Gasteiger partial charge in [0.15, 0.2) is 21.5 Å². The largest absolute Gasteiger partial charge is 0.478 e. The maximum atomic E-state index is 12.9. The van der Waals surface area contributed by atoms with E-state index in [2.05, 4.69) is 59.0 Å². The van der Waals surface area contributed by atoms with E-state index < -0.39 is 41.1 Å². The number of carbonyl (C=O) groups is 8. The van der Waals surface area contributed by atoms with Gasteiger partial charge in [-0.05, 0) is 141 Å². The highest BCUT2D eigenvalue weighted by Crippen LogP contribution is 2.32. The first-order chi connectivity index (χ1) is 46.4. The fourth-order valence-electron chi connectivity index (χ4n) is 7.43. The quantitative estimate of drug-likeness (QED) is 0.0329. The number of Topliss-reactive ketones (excluding diaryl/α,β-unsaturated/α-hetero) is 1. The number of aromatic nitrogens is 8. The molecule has 0 bridgehead atoms. The number of carboxylic acids is 2. The summed E-state index contributed by atoms with van der Waals surface area (Å²) in [7, 11) is 0. The minimum Gasteiger partial charge on any atom is -0.478 e. The standard InChI is InChI=1S/C20H17Cl2N3O2S.C12H10ClN3O3S.C10H6ClN3O3S.C9H12ClN.C7H5ClO2.C5H7N3O2S/c1-20(2,13-6-4-8-15(22)10-13)11-16(26)17-19(28-25-24-17)23-18(27)12-5-3-7-14(21)9-12;1-2-19-12(18)9-11(20-16-15-9)14-10(17)7-4-3-5-8(13)6-7;11-6-3-1-2-5(4-6)8(15)12-9-7(10(16)17)13-14-18-9;1-9(2,11)7-4-3-5-8(10)6-7;8-6-3-1-2-5(4-6)7(9)10;1-2-10-5(9)3-4(6)11-8-7-3/h3-10H,11H2,1-2H3,(H,23,27);3-6H,2H2,1H3,(H,14,17);1-4H,(H,12,15)(H,16,17);3-6H,11H2,1-2H3;1-4H,(H,9,10);2,6H2,1H3. The van der Waals surface area contributed by atoms with Gasteiger partial charge in [0.25, 0.3) is 17.7 Å². The molecule has 35 heteroatoms. The van der Waals surface area contributed by atoms with Crippen molar-refractivity contribution in [3.8, 4) is 0 Å². The fourth-order valence-corrected chi connectivity index (χ4v) is 10.7. The number of nitrogen functional groups attached to an aromatic ring is 1. The van der Waals surface area contributed by atoms with E-state index in [1.165, 1.54) is 24.3 Å². The Hall–Kier alpha value is -8.98. The lowest BCUT2D eigenvalue weighted by atomic mass is 9.80. The van der Waals surface area contributed by atoms with Crippen molar-refractivity contribution in [2.45, 2.75) is 58.9 Å². The lowest BCUT2D eigenvalue weighted by Gasteiger charge is -2.24. The van der Waals surface area contributed by atoms with E-state index in [4.69, 9.17) is 96.0 Å². The van der Waals surface area contributed by atoms with Crippen molar-refractivity contribution in [1.29, 1.82) is 0 Å². The molecule has 0 spiro atoms. The summed E-state index contributed by atoms with van der Waals surface area (Å²) in [6, 6.07) is 40.5. The number of ketones is 1. The van der Waals surface area contributed by atoms with Crippen LogP contribution < -0.4 is 27.4 Å². The Bertz CT molecular complexity index is 4420. The van der Waals surface area contributed by atoms with Crippen molar-refractivity contribution >= 4 is 183 Å². The van der Waals surface area contributed by atoms with Gasteiger partial charge in [0, 0.05) is 105 Å². The maximum Gasteiger partial charge on any atom is 0.362 e. The second kappa shape index (κ2) is 38.8. The molecule has 0 saturated heterocycles. The molecule has 0 atom stereocenters. The van der Waals surface area contributed by atoms with E-state index in [0.717, 1.165) is 62.3 Å². The molecule has 512 valence electrons. The molecule has 0 radical (unpaired) electrons. The van der Waals surface area contributed by atoms with Gasteiger partial charge in [-0.3, -0.25) is 19.2 Å². The molecule has 0 aliphatic heterocycles. The van der Waals surface area contributed by atoms with Crippen LogP contribution in [0.25, 0.3) is 0 Å². The average molecular weight is 1530 g/mol. The smallest absolute Gasteiger partial charge is 0.362 e. The number of ether oxygens (including phenoxy) is 2. The summed E-state index contributed by atoms with van der Waals surface area (Å²) in [6.07, 6.45) is 0.193. The third kappa shape index (κ3) is 25.8. The summed E-state index contributed by atoms with van der Waals surface area (Å²) in [5.74, 6) is -4.79. The number of carboxylic acid groups (broad SMARTS) is 2. The van der Waals surface area contributed by atoms with Gasteiger partial charge in [-0.1, -0.05) is 150 Å². The molecule has 0 unspecified atom stereocenters. The molecule has 10 rings (SSSR count). The average Bonchev–Trinajstić information content (AvgIpc) is 1.27. The molecule has 9 N–H and O–H groups in total. The van der Waals surface area contributed by atoms with Gasteiger partial charge >= 0.3 is 23.9 Å². The SMILES string of the molecule is CC(C)(CC(=O)c1nnsc1NC(=O)c1cccc(Cl)c1)c1cccc(Cl)c1.CC(C)(N)c1cccc(Cl)c1.CCOC(=O)c1nnsc1N.CCOC(=O)c1nnsc1NC(=O)c1cccc(Cl)c1.O=C(Nc1snnc1C(=O)O)c1cccc(Cl)c1.O=C(O)c1cccc(Cl)c1. The zero-order valence-corrected chi connectivity index (χ0v) is 59.9. The molecule has 0 aliphatic carbocycles. The second-order valence-corrected chi connectivity index (χ2v) is 26.2. The summed E-state index contributed by atoms with van der Waals surface area (Å²) in [5.41, 5.74) is 13.8. The summed E-state index contributed by atoms with van der Waals surface area (Å²) in [6.45, 7) is 11.8. The van der Waals surface area contributed by atoms with Gasteiger partial charge in [0.1, 0.15) is 10.0 Å². The number of aromatic carboxylic acids is 2. The van der Waals surface area contributed by atoms with Gasteiger partial charge in [-0.2, -0.15) is 0 Å². The zero-order chi connectivity index (χ0) is 72.3. The number of esters is 2. The number of hydrogen-bond donors (Lipinski definition) is 7. The molecule has 0 saturated carbocycles. The van der Waals surface area contributed by atoms with Crippen LogP contribution in [0.5, 0.6) is 0 Å². The fraction of sp³-hybridized carbons (Fsp3) is 0.175. The highest BCUT2D eigenvalue weighted by Gasteiger charge is 2.29. The summed E-state index contributed by atoms with van der Waals surface area (Å²) < 4.78 is 23.9. The van der Waals surface area contributed by atoms with Crippen molar-refractivity contribution in [2.75, 3.05) is 34.9 Å². The molecular weight excluding hydrogens is 1470 g/mol. The van der Waals surface area contributed by atoms with Crippen molar-refractivity contribution < 1.29 is 58.0 Å². The number of rotatable bonds is 17. The van der Waals surface area contributed by atoms with Crippen LogP contribution in [0.15, 0.2) is 146 Å². The van der Waals surface area contributed by atoms with Gasteiger partial charge in [-0.25, -0.2) is 19.2 Å². The van der Waals surface area contributed by atoms with Crippen LogP contribution in [0, 0.1) is 0 Å². The Kier molecular flexibility index (Phi) is 31.6. The summed E-state index contributed by atoms with van der Waals surface area (Å²) in [5, 5.41) is 43.5. The van der Waals surface area contributed by atoms with Gasteiger partial charge in [0.05, 0.1) is 18.8 Å². The number of halogens is 6. The Labute approximate surface area is 606 Å². The van der Waals surface area contributed by atoms with Gasteiger partial charge in [-0.15, -0.1) is 20.4 Å². The van der Waals surface area contributed by atoms with Crippen molar-refractivity contribution in [1.82, 2.24) is 38.3 Å². The molecule has 0 fully saturated rings. The Morgan fingerprint density at radius 3 is 1.12 bits per heavy atom. The highest BCUT2D eigenvalue weighted by atomic mass is 35.5. The number of nitrogens with two attached hydrogens (primary N) is 2. The first kappa shape index (κ1) is 79.7. The number of nitrogens with one attached hydrogen (secondary N) is 3. The monoisotopic (exact) mass is 1530 g/mol.